The molecule has 0 bridgehead atoms. The first kappa shape index (κ1) is 14.3. The van der Waals surface area contributed by atoms with Crippen molar-refractivity contribution in [3.05, 3.63) is 34.9 Å². The van der Waals surface area contributed by atoms with Crippen LogP contribution in [0.25, 0.3) is 0 Å². The Hall–Kier alpha value is -1.10. The number of benzene rings is 1. The van der Waals surface area contributed by atoms with E-state index < -0.39 is 0 Å². The molecule has 19 heavy (non-hydrogen) atoms. The maximum Gasteiger partial charge on any atom is 0.234 e. The van der Waals surface area contributed by atoms with E-state index in [4.69, 9.17) is 11.6 Å². The molecule has 1 atom stereocenters. The summed E-state index contributed by atoms with van der Waals surface area (Å²) in [6, 6.07) is 7.57. The van der Waals surface area contributed by atoms with Gasteiger partial charge < -0.3 is 10.6 Å². The number of nitrogens with one attached hydrogen (secondary N) is 2. The monoisotopic (exact) mass is 281 g/mol. The fourth-order valence-electron chi connectivity index (χ4n) is 2.22. The second-order valence-corrected chi connectivity index (χ2v) is 5.31. The minimum absolute atomic E-state index is 0.0193. The van der Waals surface area contributed by atoms with Gasteiger partial charge in [0.25, 0.3) is 0 Å². The van der Waals surface area contributed by atoms with E-state index in [1.165, 1.54) is 0 Å². The number of hydrogen-bond acceptors (Lipinski definition) is 3. The molecule has 1 aliphatic heterocycles. The molecule has 5 heteroatoms. The lowest BCUT2D eigenvalue weighted by atomic mass is 10.1. The molecule has 0 aliphatic carbocycles. The number of amides is 1. The van der Waals surface area contributed by atoms with E-state index in [-0.39, 0.29) is 11.9 Å². The molecule has 1 aromatic rings. The summed E-state index contributed by atoms with van der Waals surface area (Å²) in [4.78, 5) is 14.1. The highest BCUT2D eigenvalue weighted by Gasteiger charge is 2.15. The quantitative estimate of drug-likeness (QED) is 0.877. The molecule has 0 saturated carbocycles. The van der Waals surface area contributed by atoms with Gasteiger partial charge in [-0.1, -0.05) is 23.7 Å². The maximum absolute atomic E-state index is 12.0. The molecule has 104 valence electrons. The lowest BCUT2D eigenvalue weighted by Gasteiger charge is -2.27. The molecule has 1 heterocycles. The van der Waals surface area contributed by atoms with Gasteiger partial charge >= 0.3 is 0 Å². The summed E-state index contributed by atoms with van der Waals surface area (Å²) in [6.45, 7) is 6.21. The van der Waals surface area contributed by atoms with Gasteiger partial charge in [0.1, 0.15) is 0 Å². The van der Waals surface area contributed by atoms with Crippen molar-refractivity contribution in [2.45, 2.75) is 13.0 Å². The summed E-state index contributed by atoms with van der Waals surface area (Å²) >= 11 is 5.95. The van der Waals surface area contributed by atoms with Crippen LogP contribution >= 0.6 is 11.6 Å². The van der Waals surface area contributed by atoms with Crippen LogP contribution in [-0.2, 0) is 4.79 Å². The lowest BCUT2D eigenvalue weighted by molar-refractivity contribution is -0.123. The van der Waals surface area contributed by atoms with Crippen LogP contribution in [0.1, 0.15) is 18.5 Å². The van der Waals surface area contributed by atoms with Crippen LogP contribution in [0.5, 0.6) is 0 Å². The number of carbonyl (C=O) groups is 1. The Bertz CT molecular complexity index is 432. The first-order valence-corrected chi connectivity index (χ1v) is 7.01. The highest BCUT2D eigenvalue weighted by molar-refractivity contribution is 6.30. The van der Waals surface area contributed by atoms with Gasteiger partial charge in [0, 0.05) is 31.2 Å². The predicted molar refractivity (Wildman–Crippen MR) is 77.3 cm³/mol. The van der Waals surface area contributed by atoms with Crippen LogP contribution in [0.15, 0.2) is 24.3 Å². The Morgan fingerprint density at radius 1 is 1.47 bits per heavy atom. The number of halogens is 1. The Labute approximate surface area is 119 Å². The summed E-state index contributed by atoms with van der Waals surface area (Å²) < 4.78 is 0. The van der Waals surface area contributed by atoms with Crippen molar-refractivity contribution in [1.29, 1.82) is 0 Å². The fraction of sp³-hybridized carbons (Fsp3) is 0.500. The minimum Gasteiger partial charge on any atom is -0.348 e. The van der Waals surface area contributed by atoms with E-state index in [9.17, 15) is 4.79 Å². The van der Waals surface area contributed by atoms with Crippen LogP contribution in [0.2, 0.25) is 5.02 Å². The van der Waals surface area contributed by atoms with E-state index in [1.807, 2.05) is 31.2 Å². The SMILES string of the molecule is C[C@@H](NC(=O)CN1CCNCC1)c1cccc(Cl)c1. The largest absolute Gasteiger partial charge is 0.348 e. The highest BCUT2D eigenvalue weighted by Crippen LogP contribution is 2.17. The van der Waals surface area contributed by atoms with Gasteiger partial charge in [-0.3, -0.25) is 9.69 Å². The third-order valence-electron chi connectivity index (χ3n) is 3.30. The van der Waals surface area contributed by atoms with Crippen LogP contribution < -0.4 is 10.6 Å². The topological polar surface area (TPSA) is 44.4 Å². The maximum atomic E-state index is 12.0. The Morgan fingerprint density at radius 2 is 2.21 bits per heavy atom. The zero-order chi connectivity index (χ0) is 13.7. The molecular formula is C14H20ClN3O. The smallest absolute Gasteiger partial charge is 0.234 e. The summed E-state index contributed by atoms with van der Waals surface area (Å²) in [5.74, 6) is 0.0642. The van der Waals surface area contributed by atoms with Gasteiger partial charge in [-0.15, -0.1) is 0 Å². The molecule has 2 rings (SSSR count). The van der Waals surface area contributed by atoms with E-state index >= 15 is 0 Å². The van der Waals surface area contributed by atoms with Crippen molar-refractivity contribution in [3.63, 3.8) is 0 Å². The molecule has 1 aliphatic rings. The van der Waals surface area contributed by atoms with Crippen molar-refractivity contribution in [2.75, 3.05) is 32.7 Å². The van der Waals surface area contributed by atoms with Gasteiger partial charge in [-0.2, -0.15) is 0 Å². The van der Waals surface area contributed by atoms with E-state index in [2.05, 4.69) is 15.5 Å². The second-order valence-electron chi connectivity index (χ2n) is 4.87. The van der Waals surface area contributed by atoms with Gasteiger partial charge in [-0.25, -0.2) is 0 Å². The summed E-state index contributed by atoms with van der Waals surface area (Å²) in [7, 11) is 0. The number of carbonyl (C=O) groups excluding carboxylic acids is 1. The average molecular weight is 282 g/mol. The Kier molecular flexibility index (Phi) is 5.19. The van der Waals surface area contributed by atoms with Crippen LogP contribution in [0.4, 0.5) is 0 Å². The molecule has 4 nitrogen and oxygen atoms in total. The molecule has 0 unspecified atom stereocenters. The first-order valence-electron chi connectivity index (χ1n) is 6.63. The Balaban J connectivity index is 1.84. The molecule has 0 radical (unpaired) electrons. The molecular weight excluding hydrogens is 262 g/mol. The van der Waals surface area contributed by atoms with Crippen molar-refractivity contribution in [2.24, 2.45) is 0 Å². The number of hydrogen-bond donors (Lipinski definition) is 2. The molecule has 0 aromatic heterocycles. The highest BCUT2D eigenvalue weighted by atomic mass is 35.5. The minimum atomic E-state index is -0.0193. The van der Waals surface area contributed by atoms with Gasteiger partial charge in [0.15, 0.2) is 0 Å². The molecule has 1 aromatic carbocycles. The van der Waals surface area contributed by atoms with Crippen molar-refractivity contribution >= 4 is 17.5 Å². The van der Waals surface area contributed by atoms with Crippen molar-refractivity contribution in [1.82, 2.24) is 15.5 Å². The number of piperazine rings is 1. The number of rotatable bonds is 4. The van der Waals surface area contributed by atoms with E-state index in [0.717, 1.165) is 31.7 Å². The Morgan fingerprint density at radius 3 is 2.89 bits per heavy atom. The third-order valence-corrected chi connectivity index (χ3v) is 3.54. The molecule has 0 spiro atoms. The zero-order valence-corrected chi connectivity index (χ0v) is 11.9. The van der Waals surface area contributed by atoms with Crippen LogP contribution in [0, 0.1) is 0 Å². The van der Waals surface area contributed by atoms with Crippen molar-refractivity contribution < 1.29 is 4.79 Å². The van der Waals surface area contributed by atoms with Gasteiger partial charge in [-0.05, 0) is 24.6 Å². The number of nitrogens with zero attached hydrogens (tertiary/aromatic N) is 1. The second kappa shape index (κ2) is 6.89. The normalized spacial score (nSPS) is 18.0. The van der Waals surface area contributed by atoms with E-state index in [1.54, 1.807) is 0 Å². The van der Waals surface area contributed by atoms with Crippen LogP contribution in [0.3, 0.4) is 0 Å². The fourth-order valence-corrected chi connectivity index (χ4v) is 2.42. The standard InChI is InChI=1S/C14H20ClN3O/c1-11(12-3-2-4-13(15)9-12)17-14(19)10-18-7-5-16-6-8-18/h2-4,9,11,16H,5-8,10H2,1H3,(H,17,19)/t11-/m1/s1. The van der Waals surface area contributed by atoms with E-state index in [0.29, 0.717) is 11.6 Å². The predicted octanol–water partition coefficient (Wildman–Crippen LogP) is 1.42. The van der Waals surface area contributed by atoms with Crippen molar-refractivity contribution in [3.8, 4) is 0 Å². The third kappa shape index (κ3) is 4.49. The molecule has 2 N–H and O–H groups in total. The van der Waals surface area contributed by atoms with Crippen LogP contribution in [-0.4, -0.2) is 43.5 Å². The molecule has 1 saturated heterocycles. The lowest BCUT2D eigenvalue weighted by Crippen LogP contribution is -2.47. The molecule has 1 fully saturated rings. The summed E-state index contributed by atoms with van der Waals surface area (Å²) in [6.07, 6.45) is 0. The first-order chi connectivity index (χ1) is 9.15. The molecule has 1 amide bonds. The zero-order valence-electron chi connectivity index (χ0n) is 11.2. The average Bonchev–Trinajstić information content (AvgIpc) is 2.39. The van der Waals surface area contributed by atoms with Gasteiger partial charge in [0.05, 0.1) is 12.6 Å². The summed E-state index contributed by atoms with van der Waals surface area (Å²) in [5.41, 5.74) is 1.03. The summed E-state index contributed by atoms with van der Waals surface area (Å²) in [5, 5.41) is 6.98. The van der Waals surface area contributed by atoms with Gasteiger partial charge in [0.2, 0.25) is 5.91 Å².